The maximum Gasteiger partial charge on any atom is 0.149 e. The number of fused-ring (bicyclic) bond motifs is 1. The molecule has 0 bridgehead atoms. The molecule has 0 aliphatic carbocycles. The quantitative estimate of drug-likeness (QED) is 0.182. The van der Waals surface area contributed by atoms with Crippen LogP contribution in [0.1, 0.15) is 9.68 Å². The lowest BCUT2D eigenvalue weighted by atomic mass is 9.93. The fraction of sp³-hybridized carbons (Fsp3) is 0.0204. The first-order chi connectivity index (χ1) is 27.3. The summed E-state index contributed by atoms with van der Waals surface area (Å²) in [5, 5.41) is 11.2. The van der Waals surface area contributed by atoms with Gasteiger partial charge in [0.1, 0.15) is 11.6 Å². The van der Waals surface area contributed by atoms with Crippen molar-refractivity contribution >= 4 is 11.0 Å². The van der Waals surface area contributed by atoms with Crippen molar-refractivity contribution in [2.45, 2.75) is 6.85 Å². The molecule has 0 radical (unpaired) electrons. The van der Waals surface area contributed by atoms with Gasteiger partial charge in [0, 0.05) is 27.1 Å². The number of pyridine rings is 1. The predicted octanol–water partition coefficient (Wildman–Crippen LogP) is 12.4. The normalized spacial score (nSPS) is 12.3. The van der Waals surface area contributed by atoms with Crippen molar-refractivity contribution in [3.63, 3.8) is 0 Å². The minimum absolute atomic E-state index is 0.0681. The van der Waals surface area contributed by atoms with Crippen molar-refractivity contribution in [3.05, 3.63) is 194 Å². The van der Waals surface area contributed by atoms with Gasteiger partial charge in [0.2, 0.25) is 0 Å². The van der Waals surface area contributed by atoms with Gasteiger partial charge in [-0.2, -0.15) is 0 Å². The molecule has 4 nitrogen and oxygen atoms in total. The van der Waals surface area contributed by atoms with Crippen LogP contribution in [0.3, 0.4) is 0 Å². The van der Waals surface area contributed by atoms with E-state index in [1.54, 1.807) is 24.3 Å². The molecule has 0 aliphatic rings. The van der Waals surface area contributed by atoms with Crippen LogP contribution in [0.15, 0.2) is 188 Å². The van der Waals surface area contributed by atoms with Gasteiger partial charge in [0.05, 0.1) is 22.3 Å². The predicted molar refractivity (Wildman–Crippen MR) is 218 cm³/mol. The minimum atomic E-state index is -2.36. The first-order valence-corrected chi connectivity index (χ1v) is 17.5. The zero-order chi connectivity index (χ0) is 38.2. The van der Waals surface area contributed by atoms with E-state index in [-0.39, 0.29) is 11.3 Å². The fourth-order valence-corrected chi connectivity index (χ4v) is 7.10. The largest absolute Gasteiger partial charge is 0.507 e. The van der Waals surface area contributed by atoms with Crippen LogP contribution in [0.4, 0.5) is 0 Å². The molecule has 1 N–H and O–H groups in total. The Morgan fingerprint density at radius 2 is 1.09 bits per heavy atom. The van der Waals surface area contributed by atoms with Gasteiger partial charge in [-0.15, -0.1) is 0 Å². The van der Waals surface area contributed by atoms with Gasteiger partial charge in [-0.3, -0.25) is 9.55 Å². The van der Waals surface area contributed by atoms with E-state index in [4.69, 9.17) is 14.1 Å². The number of para-hydroxylation sites is 2. The Bertz CT molecular complexity index is 2850. The third-order valence-electron chi connectivity index (χ3n) is 9.63. The van der Waals surface area contributed by atoms with Gasteiger partial charge in [0.15, 0.2) is 0 Å². The lowest BCUT2D eigenvalue weighted by Gasteiger charge is -2.14. The number of imidazole rings is 1. The van der Waals surface area contributed by atoms with Gasteiger partial charge in [0.25, 0.3) is 0 Å². The summed E-state index contributed by atoms with van der Waals surface area (Å²) in [5.74, 6) is 0.558. The molecule has 252 valence electrons. The molecule has 4 heteroatoms. The average Bonchev–Trinajstić information content (AvgIpc) is 3.64. The molecule has 7 aromatic carbocycles. The topological polar surface area (TPSA) is 50.9 Å². The van der Waals surface area contributed by atoms with Crippen LogP contribution < -0.4 is 0 Å². The molecule has 0 fully saturated rings. The maximum atomic E-state index is 11.2. The zero-order valence-electron chi connectivity index (χ0n) is 31.7. The molecule has 0 aliphatic heterocycles. The lowest BCUT2D eigenvalue weighted by molar-refractivity contribution is 0.477. The van der Waals surface area contributed by atoms with E-state index < -0.39 is 6.85 Å². The Labute approximate surface area is 313 Å². The van der Waals surface area contributed by atoms with Crippen LogP contribution >= 0.6 is 0 Å². The highest BCUT2D eigenvalue weighted by Gasteiger charge is 2.21. The Kier molecular flexibility index (Phi) is 7.34. The molecule has 53 heavy (non-hydrogen) atoms. The second kappa shape index (κ2) is 13.6. The van der Waals surface area contributed by atoms with E-state index >= 15 is 0 Å². The molecule has 0 amide bonds. The van der Waals surface area contributed by atoms with Gasteiger partial charge in [-0.1, -0.05) is 121 Å². The maximum absolute atomic E-state index is 11.2. The average molecular weight is 685 g/mol. The second-order valence-corrected chi connectivity index (χ2v) is 13.1. The van der Waals surface area contributed by atoms with Crippen molar-refractivity contribution in [2.24, 2.45) is 0 Å². The number of hydrogen-bond acceptors (Lipinski definition) is 3. The third kappa shape index (κ3) is 6.17. The molecule has 2 heterocycles. The van der Waals surface area contributed by atoms with Crippen molar-refractivity contribution in [1.82, 2.24) is 14.5 Å². The number of aryl methyl sites for hydroxylation is 1. The molecule has 0 saturated heterocycles. The summed E-state index contributed by atoms with van der Waals surface area (Å²) < 4.78 is 27.2. The first-order valence-electron chi connectivity index (χ1n) is 19.0. The highest BCUT2D eigenvalue weighted by atomic mass is 16.3. The van der Waals surface area contributed by atoms with Crippen LogP contribution in [0.25, 0.3) is 83.9 Å². The number of benzene rings is 7. The molecule has 0 unspecified atom stereocenters. The number of hydrogen-bond donors (Lipinski definition) is 1. The summed E-state index contributed by atoms with van der Waals surface area (Å²) in [6, 6.07) is 59.6. The van der Waals surface area contributed by atoms with Crippen molar-refractivity contribution in [1.29, 1.82) is 0 Å². The first kappa shape index (κ1) is 28.6. The number of phenols is 1. The van der Waals surface area contributed by atoms with Gasteiger partial charge in [-0.05, 0) is 112 Å². The number of aromatic hydroxyl groups is 1. The van der Waals surface area contributed by atoms with E-state index in [2.05, 4.69) is 54.6 Å². The Balaban J connectivity index is 1.30. The summed E-state index contributed by atoms with van der Waals surface area (Å²) in [4.78, 5) is 10.1. The number of phenolic OH excluding ortho intramolecular Hbond substituents is 1. The van der Waals surface area contributed by atoms with E-state index in [1.807, 2.05) is 114 Å². The number of nitrogens with zero attached hydrogens (tertiary/aromatic N) is 3. The second-order valence-electron chi connectivity index (χ2n) is 13.1. The summed E-state index contributed by atoms with van der Waals surface area (Å²) in [6.07, 6.45) is 1.85. The molecule has 0 saturated carbocycles. The van der Waals surface area contributed by atoms with E-state index in [9.17, 15) is 5.11 Å². The van der Waals surface area contributed by atoms with Crippen LogP contribution in [-0.4, -0.2) is 19.6 Å². The molecule has 9 aromatic rings. The molecule has 0 spiro atoms. The van der Waals surface area contributed by atoms with E-state index in [0.717, 1.165) is 61.3 Å². The standard InChI is InChI=1S/C49H35N3O/c1-33-26-38(35-16-7-3-8-17-35)31-42(27-33)52-46-22-13-21-43(48(46)51-49(52)44-20-11-12-23-47(44)53)40-28-39(36-18-9-4-10-19-36)29-41(30-40)45-32-37(24-25-50-45)34-14-5-2-6-15-34/h2-32,53H,1H3/i1D3. The van der Waals surface area contributed by atoms with Crippen molar-refractivity contribution < 1.29 is 9.22 Å². The Morgan fingerprint density at radius 1 is 0.491 bits per heavy atom. The highest BCUT2D eigenvalue weighted by molar-refractivity contribution is 5.97. The molecule has 9 rings (SSSR count). The smallest absolute Gasteiger partial charge is 0.149 e. The van der Waals surface area contributed by atoms with E-state index in [1.165, 1.54) is 0 Å². The summed E-state index contributed by atoms with van der Waals surface area (Å²) in [7, 11) is 0. The van der Waals surface area contributed by atoms with Crippen LogP contribution in [-0.2, 0) is 0 Å². The zero-order valence-corrected chi connectivity index (χ0v) is 28.7. The third-order valence-corrected chi connectivity index (χ3v) is 9.63. The monoisotopic (exact) mass is 684 g/mol. The summed E-state index contributed by atoms with van der Waals surface area (Å²) >= 11 is 0. The molecule has 0 atom stereocenters. The number of rotatable bonds is 7. The Hall–Kier alpha value is -7.04. The van der Waals surface area contributed by atoms with Gasteiger partial charge < -0.3 is 5.11 Å². The molecular formula is C49H35N3O. The van der Waals surface area contributed by atoms with Gasteiger partial charge >= 0.3 is 0 Å². The van der Waals surface area contributed by atoms with Crippen molar-refractivity contribution in [2.75, 3.05) is 0 Å². The summed E-state index contributed by atoms with van der Waals surface area (Å²) in [5.41, 5.74) is 12.4. The molecular weight excluding hydrogens is 647 g/mol. The van der Waals surface area contributed by atoms with Crippen LogP contribution in [0, 0.1) is 6.85 Å². The SMILES string of the molecule is [2H]C([2H])([2H])c1cc(-c2ccccc2)cc(-n2c(-c3ccccc3O)nc3c(-c4cc(-c5ccccc5)cc(-c5cc(-c6ccccc6)ccn5)c4)cccc32)c1. The highest BCUT2D eigenvalue weighted by Crippen LogP contribution is 2.40. The van der Waals surface area contributed by atoms with Crippen molar-refractivity contribution in [3.8, 4) is 78.6 Å². The van der Waals surface area contributed by atoms with Crippen LogP contribution in [0.5, 0.6) is 5.75 Å². The Morgan fingerprint density at radius 3 is 1.79 bits per heavy atom. The summed E-state index contributed by atoms with van der Waals surface area (Å²) in [6.45, 7) is -2.36. The fourth-order valence-electron chi connectivity index (χ4n) is 7.10. The molecule has 2 aromatic heterocycles. The van der Waals surface area contributed by atoms with Crippen LogP contribution in [0.2, 0.25) is 0 Å². The minimum Gasteiger partial charge on any atom is -0.507 e. The van der Waals surface area contributed by atoms with Gasteiger partial charge in [-0.25, -0.2) is 4.98 Å². The van der Waals surface area contributed by atoms with E-state index in [0.29, 0.717) is 22.6 Å². The number of aromatic nitrogens is 3. The lowest BCUT2D eigenvalue weighted by Crippen LogP contribution is -1.99.